The highest BCUT2D eigenvalue weighted by atomic mass is 32.2. The fraction of sp³-hybridized carbons (Fsp3) is 0.833. The van der Waals surface area contributed by atoms with Crippen LogP contribution in [0.3, 0.4) is 0 Å². The van der Waals surface area contributed by atoms with Gasteiger partial charge >= 0.3 is 6.09 Å². The van der Waals surface area contributed by atoms with Crippen LogP contribution >= 0.6 is 0 Å². The maximum atomic E-state index is 12.0. The molecule has 20 heavy (non-hydrogen) atoms. The molecule has 0 aromatic carbocycles. The highest BCUT2D eigenvalue weighted by Crippen LogP contribution is 2.31. The van der Waals surface area contributed by atoms with Crippen molar-refractivity contribution in [2.75, 3.05) is 18.8 Å². The molecule has 114 valence electrons. The van der Waals surface area contributed by atoms with Gasteiger partial charge in [-0.05, 0) is 33.6 Å². The normalized spacial score (nSPS) is 24.1. The summed E-state index contributed by atoms with van der Waals surface area (Å²) < 4.78 is 27.8. The SMILES string of the molecule is CC(C)(C)OC(=O)N1CCCC(C#N)(CS(N)(=O)=O)C1. The van der Waals surface area contributed by atoms with Gasteiger partial charge in [-0.3, -0.25) is 0 Å². The molecular weight excluding hydrogens is 282 g/mol. The van der Waals surface area contributed by atoms with E-state index in [4.69, 9.17) is 9.88 Å². The van der Waals surface area contributed by atoms with E-state index in [1.807, 2.05) is 6.07 Å². The first-order chi connectivity index (χ1) is 8.96. The van der Waals surface area contributed by atoms with E-state index >= 15 is 0 Å². The minimum absolute atomic E-state index is 0.0227. The lowest BCUT2D eigenvalue weighted by atomic mass is 9.83. The van der Waals surface area contributed by atoms with Crippen molar-refractivity contribution in [3.05, 3.63) is 0 Å². The van der Waals surface area contributed by atoms with Gasteiger partial charge in [-0.1, -0.05) is 0 Å². The monoisotopic (exact) mass is 303 g/mol. The van der Waals surface area contributed by atoms with Crippen molar-refractivity contribution in [2.24, 2.45) is 10.6 Å². The predicted octanol–water partition coefficient (Wildman–Crippen LogP) is 0.816. The first-order valence-corrected chi connectivity index (χ1v) is 8.08. The van der Waals surface area contributed by atoms with Crippen LogP contribution in [-0.4, -0.2) is 43.9 Å². The number of rotatable bonds is 2. The van der Waals surface area contributed by atoms with E-state index in [9.17, 15) is 18.5 Å². The van der Waals surface area contributed by atoms with Gasteiger partial charge in [0.1, 0.15) is 5.60 Å². The van der Waals surface area contributed by atoms with Crippen molar-refractivity contribution >= 4 is 16.1 Å². The topological polar surface area (TPSA) is 113 Å². The van der Waals surface area contributed by atoms with Gasteiger partial charge in [0.15, 0.2) is 0 Å². The molecular formula is C12H21N3O4S. The van der Waals surface area contributed by atoms with Crippen LogP contribution in [0.25, 0.3) is 0 Å². The average molecular weight is 303 g/mol. The number of nitriles is 1. The number of carbonyl (C=O) groups is 1. The molecule has 1 fully saturated rings. The third-order valence-electron chi connectivity index (χ3n) is 2.94. The number of ether oxygens (including phenoxy) is 1. The number of amides is 1. The van der Waals surface area contributed by atoms with Crippen molar-refractivity contribution in [3.8, 4) is 6.07 Å². The molecule has 0 bridgehead atoms. The quantitative estimate of drug-likeness (QED) is 0.811. The summed E-state index contributed by atoms with van der Waals surface area (Å²) in [4.78, 5) is 13.4. The van der Waals surface area contributed by atoms with Gasteiger partial charge in [0.2, 0.25) is 10.0 Å². The fourth-order valence-corrected chi connectivity index (χ4v) is 3.31. The Kier molecular flexibility index (Phi) is 4.66. The summed E-state index contributed by atoms with van der Waals surface area (Å²) in [5.74, 6) is -0.449. The molecule has 1 rings (SSSR count). The standard InChI is InChI=1S/C12H21N3O4S/c1-11(2,3)19-10(16)15-6-4-5-12(7-13,8-15)9-20(14,17)18/h4-6,8-9H2,1-3H3,(H2,14,17,18). The molecule has 1 aliphatic heterocycles. The summed E-state index contributed by atoms with van der Waals surface area (Å²) in [7, 11) is -3.78. The summed E-state index contributed by atoms with van der Waals surface area (Å²) >= 11 is 0. The second-order valence-electron chi connectivity index (χ2n) is 6.20. The first-order valence-electron chi connectivity index (χ1n) is 6.36. The lowest BCUT2D eigenvalue weighted by Crippen LogP contribution is -2.50. The van der Waals surface area contributed by atoms with Gasteiger partial charge in [-0.2, -0.15) is 5.26 Å². The van der Waals surface area contributed by atoms with Crippen LogP contribution in [0, 0.1) is 16.7 Å². The number of sulfonamides is 1. The molecule has 8 heteroatoms. The Morgan fingerprint density at radius 1 is 1.50 bits per heavy atom. The number of piperidine rings is 1. The fourth-order valence-electron chi connectivity index (χ4n) is 2.24. The second-order valence-corrected chi connectivity index (χ2v) is 7.82. The van der Waals surface area contributed by atoms with Crippen molar-refractivity contribution in [3.63, 3.8) is 0 Å². The number of carbonyl (C=O) groups excluding carboxylic acids is 1. The van der Waals surface area contributed by atoms with Gasteiger partial charge in [0.05, 0.1) is 17.2 Å². The molecule has 0 aliphatic carbocycles. The number of likely N-dealkylation sites (tertiary alicyclic amines) is 1. The van der Waals surface area contributed by atoms with E-state index in [-0.39, 0.29) is 6.54 Å². The van der Waals surface area contributed by atoms with Crippen LogP contribution in [0.1, 0.15) is 33.6 Å². The maximum absolute atomic E-state index is 12.0. The zero-order valence-corrected chi connectivity index (χ0v) is 12.9. The molecule has 1 saturated heterocycles. The number of hydrogen-bond acceptors (Lipinski definition) is 5. The van der Waals surface area contributed by atoms with Gasteiger partial charge in [0.25, 0.3) is 0 Å². The Bertz CT molecular complexity index is 518. The second kappa shape index (κ2) is 5.58. The molecule has 1 unspecified atom stereocenters. The van der Waals surface area contributed by atoms with E-state index in [0.29, 0.717) is 19.4 Å². The van der Waals surface area contributed by atoms with Crippen LogP contribution in [-0.2, 0) is 14.8 Å². The number of nitrogens with two attached hydrogens (primary N) is 1. The smallest absolute Gasteiger partial charge is 0.410 e. The molecule has 1 atom stereocenters. The summed E-state index contributed by atoms with van der Waals surface area (Å²) in [5, 5.41) is 14.3. The van der Waals surface area contributed by atoms with E-state index in [1.54, 1.807) is 20.8 Å². The molecule has 0 aromatic heterocycles. The predicted molar refractivity (Wildman–Crippen MR) is 73.1 cm³/mol. The van der Waals surface area contributed by atoms with Crippen molar-refractivity contribution < 1.29 is 17.9 Å². The van der Waals surface area contributed by atoms with Crippen LogP contribution in [0.15, 0.2) is 0 Å². The minimum Gasteiger partial charge on any atom is -0.444 e. The molecule has 7 nitrogen and oxygen atoms in total. The Labute approximate surface area is 119 Å². The largest absolute Gasteiger partial charge is 0.444 e. The lowest BCUT2D eigenvalue weighted by Gasteiger charge is -2.38. The highest BCUT2D eigenvalue weighted by molar-refractivity contribution is 7.89. The third kappa shape index (κ3) is 4.98. The number of primary sulfonamides is 1. The van der Waals surface area contributed by atoms with E-state index in [2.05, 4.69) is 0 Å². The first kappa shape index (κ1) is 16.7. The zero-order valence-electron chi connectivity index (χ0n) is 12.0. The van der Waals surface area contributed by atoms with E-state index in [0.717, 1.165) is 0 Å². The maximum Gasteiger partial charge on any atom is 0.410 e. The number of nitrogens with zero attached hydrogens (tertiary/aromatic N) is 2. The van der Waals surface area contributed by atoms with Crippen molar-refractivity contribution in [2.45, 2.75) is 39.2 Å². The summed E-state index contributed by atoms with van der Waals surface area (Å²) in [6, 6.07) is 2.01. The average Bonchev–Trinajstić information content (AvgIpc) is 2.24. The Balaban J connectivity index is 2.85. The van der Waals surface area contributed by atoms with Gasteiger partial charge < -0.3 is 9.64 Å². The van der Waals surface area contributed by atoms with Gasteiger partial charge in [-0.15, -0.1) is 0 Å². The number of hydrogen-bond donors (Lipinski definition) is 1. The molecule has 0 saturated carbocycles. The molecule has 2 N–H and O–H groups in total. The lowest BCUT2D eigenvalue weighted by molar-refractivity contribution is 0.0130. The van der Waals surface area contributed by atoms with E-state index in [1.165, 1.54) is 4.90 Å². The summed E-state index contributed by atoms with van der Waals surface area (Å²) in [6.07, 6.45) is 0.410. The molecule has 1 aliphatic rings. The van der Waals surface area contributed by atoms with Gasteiger partial charge in [-0.25, -0.2) is 18.4 Å². The zero-order chi connectivity index (χ0) is 15.6. The van der Waals surface area contributed by atoms with Crippen LogP contribution in [0.4, 0.5) is 4.79 Å². The molecule has 1 heterocycles. The minimum atomic E-state index is -3.78. The van der Waals surface area contributed by atoms with E-state index < -0.39 is 32.9 Å². The van der Waals surface area contributed by atoms with Crippen LogP contribution in [0.5, 0.6) is 0 Å². The Morgan fingerprint density at radius 2 is 2.10 bits per heavy atom. The van der Waals surface area contributed by atoms with Gasteiger partial charge in [0, 0.05) is 13.1 Å². The van der Waals surface area contributed by atoms with Crippen molar-refractivity contribution in [1.82, 2.24) is 4.90 Å². The van der Waals surface area contributed by atoms with Crippen LogP contribution in [0.2, 0.25) is 0 Å². The summed E-state index contributed by atoms with van der Waals surface area (Å²) in [6.45, 7) is 5.71. The van der Waals surface area contributed by atoms with Crippen molar-refractivity contribution in [1.29, 1.82) is 5.26 Å². The van der Waals surface area contributed by atoms with Crippen LogP contribution < -0.4 is 5.14 Å². The summed E-state index contributed by atoms with van der Waals surface area (Å²) in [5.41, 5.74) is -1.79. The Morgan fingerprint density at radius 3 is 2.55 bits per heavy atom. The third-order valence-corrected chi connectivity index (χ3v) is 3.90. The molecule has 0 spiro atoms. The highest BCUT2D eigenvalue weighted by Gasteiger charge is 2.41. The molecule has 0 aromatic rings. The molecule has 0 radical (unpaired) electrons. The molecule has 1 amide bonds. The Hall–Kier alpha value is -1.33.